The third-order valence-electron chi connectivity index (χ3n) is 2.37. The number of rotatable bonds is 4. The van der Waals surface area contributed by atoms with Gasteiger partial charge < -0.3 is 0 Å². The first kappa shape index (κ1) is 14.5. The highest BCUT2D eigenvalue weighted by Gasteiger charge is 2.22. The van der Waals surface area contributed by atoms with Crippen molar-refractivity contribution in [2.75, 3.05) is 11.0 Å². The minimum absolute atomic E-state index is 0.0363. The summed E-state index contributed by atoms with van der Waals surface area (Å²) < 4.78 is 62.5. The van der Waals surface area contributed by atoms with Crippen molar-refractivity contribution < 1.29 is 21.2 Å². The lowest BCUT2D eigenvalue weighted by atomic mass is 10.3. The quantitative estimate of drug-likeness (QED) is 0.808. The molecule has 2 rings (SSSR count). The number of hydrogen-bond donors (Lipinski definition) is 2. The van der Waals surface area contributed by atoms with Crippen LogP contribution in [0.3, 0.4) is 0 Å². The summed E-state index contributed by atoms with van der Waals surface area (Å²) in [5.74, 6) is -1.02. The van der Waals surface area contributed by atoms with Crippen LogP contribution in [0.25, 0.3) is 0 Å². The van der Waals surface area contributed by atoms with E-state index in [2.05, 4.69) is 14.9 Å². The largest absolute Gasteiger partial charge is 0.265 e. The van der Waals surface area contributed by atoms with Crippen molar-refractivity contribution in [3.05, 3.63) is 36.3 Å². The van der Waals surface area contributed by atoms with Crippen molar-refractivity contribution in [2.24, 2.45) is 0 Å². The molecule has 1 aromatic carbocycles. The number of aromatic amines is 1. The zero-order chi connectivity index (χ0) is 15.0. The minimum Gasteiger partial charge on any atom is -0.264 e. The lowest BCUT2D eigenvalue weighted by molar-refractivity contribution is 0.567. The van der Waals surface area contributed by atoms with Crippen LogP contribution in [0.1, 0.15) is 0 Å². The van der Waals surface area contributed by atoms with Gasteiger partial charge in [-0.05, 0) is 18.2 Å². The maximum atomic E-state index is 13.6. The van der Waals surface area contributed by atoms with Gasteiger partial charge in [0, 0.05) is 12.3 Å². The van der Waals surface area contributed by atoms with E-state index < -0.39 is 30.6 Å². The highest BCUT2D eigenvalue weighted by atomic mass is 32.2. The van der Waals surface area contributed by atoms with Gasteiger partial charge in [0.25, 0.3) is 10.0 Å². The molecule has 10 heteroatoms. The number of hydrogen-bond acceptors (Lipinski definition) is 5. The van der Waals surface area contributed by atoms with Crippen molar-refractivity contribution in [2.45, 2.75) is 9.79 Å². The number of sulfonamides is 1. The Morgan fingerprint density at radius 2 is 1.90 bits per heavy atom. The molecule has 20 heavy (non-hydrogen) atoms. The Hall–Kier alpha value is -1.94. The van der Waals surface area contributed by atoms with E-state index in [4.69, 9.17) is 0 Å². The van der Waals surface area contributed by atoms with Crippen LogP contribution >= 0.6 is 0 Å². The molecule has 1 aromatic heterocycles. The summed E-state index contributed by atoms with van der Waals surface area (Å²) >= 11 is 0. The molecule has 2 N–H and O–H groups in total. The fourth-order valence-corrected chi connectivity index (χ4v) is 3.27. The van der Waals surface area contributed by atoms with Gasteiger partial charge in [0.2, 0.25) is 0 Å². The van der Waals surface area contributed by atoms with Crippen molar-refractivity contribution in [1.82, 2.24) is 10.2 Å². The van der Waals surface area contributed by atoms with Crippen LogP contribution in [0, 0.1) is 5.82 Å². The summed E-state index contributed by atoms with van der Waals surface area (Å²) in [6.07, 6.45) is 2.21. The monoisotopic (exact) mass is 319 g/mol. The van der Waals surface area contributed by atoms with E-state index in [9.17, 15) is 21.2 Å². The first-order valence-electron chi connectivity index (χ1n) is 5.22. The van der Waals surface area contributed by atoms with Crippen LogP contribution < -0.4 is 4.72 Å². The molecule has 0 aliphatic rings. The molecule has 0 fully saturated rings. The molecule has 108 valence electrons. The maximum Gasteiger partial charge on any atom is 0.265 e. The molecule has 0 saturated carbocycles. The Morgan fingerprint density at radius 1 is 1.20 bits per heavy atom. The van der Waals surface area contributed by atoms with Gasteiger partial charge in [-0.2, -0.15) is 5.10 Å². The second kappa shape index (κ2) is 4.87. The van der Waals surface area contributed by atoms with Gasteiger partial charge in [0.05, 0.1) is 11.1 Å². The number of anilines is 1. The van der Waals surface area contributed by atoms with Crippen LogP contribution in [0.2, 0.25) is 0 Å². The Labute approximate surface area is 114 Å². The molecule has 7 nitrogen and oxygen atoms in total. The van der Waals surface area contributed by atoms with Crippen molar-refractivity contribution >= 4 is 25.7 Å². The highest BCUT2D eigenvalue weighted by Crippen LogP contribution is 2.21. The Kier molecular flexibility index (Phi) is 3.52. The lowest BCUT2D eigenvalue weighted by Crippen LogP contribution is -2.15. The van der Waals surface area contributed by atoms with Gasteiger partial charge in [0.15, 0.2) is 9.84 Å². The second-order valence-corrected chi connectivity index (χ2v) is 7.61. The Morgan fingerprint density at radius 3 is 2.45 bits per heavy atom. The zero-order valence-corrected chi connectivity index (χ0v) is 11.8. The van der Waals surface area contributed by atoms with Crippen molar-refractivity contribution in [3.63, 3.8) is 0 Å². The lowest BCUT2D eigenvalue weighted by Gasteiger charge is -2.08. The van der Waals surface area contributed by atoms with Crippen LogP contribution in [-0.4, -0.2) is 33.3 Å². The molecule has 0 spiro atoms. The molecular weight excluding hydrogens is 309 g/mol. The molecule has 0 amide bonds. The molecule has 0 saturated heterocycles. The molecule has 1 heterocycles. The summed E-state index contributed by atoms with van der Waals surface area (Å²) in [5, 5.41) is 5.88. The van der Waals surface area contributed by atoms with E-state index in [0.717, 1.165) is 24.5 Å². The fraction of sp³-hybridized carbons (Fsp3) is 0.100. The number of aromatic nitrogens is 2. The highest BCUT2D eigenvalue weighted by molar-refractivity contribution is 7.93. The number of H-pyrrole nitrogens is 1. The predicted molar refractivity (Wildman–Crippen MR) is 68.9 cm³/mol. The Bertz CT molecular complexity index is 829. The number of benzene rings is 1. The van der Waals surface area contributed by atoms with Crippen molar-refractivity contribution in [1.29, 1.82) is 0 Å². The average molecular weight is 319 g/mol. The molecule has 0 unspecified atom stereocenters. The topological polar surface area (TPSA) is 109 Å². The van der Waals surface area contributed by atoms with Gasteiger partial charge in [-0.1, -0.05) is 0 Å². The van der Waals surface area contributed by atoms with E-state index >= 15 is 0 Å². The van der Waals surface area contributed by atoms with Gasteiger partial charge in [-0.3, -0.25) is 9.82 Å². The van der Waals surface area contributed by atoms with E-state index in [0.29, 0.717) is 0 Å². The second-order valence-electron chi connectivity index (χ2n) is 3.94. The minimum atomic E-state index is -4.26. The van der Waals surface area contributed by atoms with E-state index in [1.54, 1.807) is 0 Å². The Balaban J connectivity index is 2.51. The van der Waals surface area contributed by atoms with E-state index in [-0.39, 0.29) is 10.7 Å². The molecule has 0 aliphatic heterocycles. The first-order valence-corrected chi connectivity index (χ1v) is 8.59. The summed E-state index contributed by atoms with van der Waals surface area (Å²) in [4.78, 5) is -1.04. The predicted octanol–water partition coefficient (Wildman–Crippen LogP) is 0.753. The maximum absolute atomic E-state index is 13.6. The number of nitrogens with one attached hydrogen (secondary N) is 2. The summed E-state index contributed by atoms with van der Waals surface area (Å²) in [5.41, 5.74) is 0. The number of nitrogens with zero attached hydrogens (tertiary/aromatic N) is 1. The van der Waals surface area contributed by atoms with Gasteiger partial charge >= 0.3 is 0 Å². The fourth-order valence-electron chi connectivity index (χ4n) is 1.43. The average Bonchev–Trinajstić information content (AvgIpc) is 2.79. The first-order chi connectivity index (χ1) is 9.20. The number of sulfone groups is 1. The third-order valence-corrected chi connectivity index (χ3v) is 4.86. The molecular formula is C10H10FN3O4S2. The van der Waals surface area contributed by atoms with Crippen LogP contribution in [-0.2, 0) is 19.9 Å². The van der Waals surface area contributed by atoms with E-state index in [1.807, 2.05) is 0 Å². The van der Waals surface area contributed by atoms with E-state index in [1.165, 1.54) is 12.3 Å². The van der Waals surface area contributed by atoms with Gasteiger partial charge in [0.1, 0.15) is 16.5 Å². The van der Waals surface area contributed by atoms with Crippen LogP contribution in [0.15, 0.2) is 40.3 Å². The smallest absolute Gasteiger partial charge is 0.264 e. The zero-order valence-electron chi connectivity index (χ0n) is 10.2. The molecule has 2 aromatic rings. The van der Waals surface area contributed by atoms with Crippen LogP contribution in [0.4, 0.5) is 10.2 Å². The number of halogens is 1. The molecule has 0 radical (unpaired) electrons. The van der Waals surface area contributed by atoms with Crippen LogP contribution in [0.5, 0.6) is 0 Å². The normalized spacial score (nSPS) is 12.3. The SMILES string of the molecule is CS(=O)(=O)c1ccc(F)c(S(=O)(=O)Nc2ccn[nH]2)c1. The molecule has 0 atom stereocenters. The van der Waals surface area contributed by atoms with Crippen molar-refractivity contribution in [3.8, 4) is 0 Å². The van der Waals surface area contributed by atoms with Gasteiger partial charge in [-0.15, -0.1) is 0 Å². The molecule has 0 bridgehead atoms. The summed E-state index contributed by atoms with van der Waals surface area (Å²) in [7, 11) is -7.90. The standard InChI is InChI=1S/C10H10FN3O4S2/c1-19(15,16)7-2-3-8(11)9(6-7)20(17,18)14-10-4-5-12-13-10/h2-6H,1H3,(H2,12,13,14). The third kappa shape index (κ3) is 2.96. The summed E-state index contributed by atoms with van der Waals surface area (Å²) in [6, 6.07) is 3.89. The van der Waals surface area contributed by atoms with Gasteiger partial charge in [-0.25, -0.2) is 21.2 Å². The summed E-state index contributed by atoms with van der Waals surface area (Å²) in [6.45, 7) is 0. The molecule has 0 aliphatic carbocycles.